The van der Waals surface area contributed by atoms with Crippen LogP contribution in [0.25, 0.3) is 0 Å². The number of aromatic nitrogens is 1. The third-order valence-electron chi connectivity index (χ3n) is 4.45. The van der Waals surface area contributed by atoms with Crippen molar-refractivity contribution in [2.45, 2.75) is 45.3 Å². The van der Waals surface area contributed by atoms with Crippen molar-refractivity contribution in [1.29, 1.82) is 0 Å². The summed E-state index contributed by atoms with van der Waals surface area (Å²) in [6.45, 7) is 4.13. The normalized spacial score (nSPS) is 11.0. The average molecular weight is 356 g/mol. The summed E-state index contributed by atoms with van der Waals surface area (Å²) >= 11 is 0. The van der Waals surface area contributed by atoms with Crippen LogP contribution in [0.3, 0.4) is 0 Å². The van der Waals surface area contributed by atoms with Crippen LogP contribution in [-0.4, -0.2) is 27.5 Å². The first-order valence-electron chi connectivity index (χ1n) is 8.65. The van der Waals surface area contributed by atoms with Crippen molar-refractivity contribution in [2.24, 2.45) is 0 Å². The molecule has 138 valence electrons. The number of rotatable bonds is 9. The van der Waals surface area contributed by atoms with Crippen LogP contribution >= 0.6 is 0 Å². The molecule has 1 heterocycles. The van der Waals surface area contributed by atoms with E-state index in [9.17, 15) is 9.59 Å². The Bertz CT molecular complexity index is 725. The average Bonchev–Trinajstić information content (AvgIpc) is 2.66. The Labute approximate surface area is 153 Å². The molecule has 2 aromatic rings. The Morgan fingerprint density at radius 1 is 1.12 bits per heavy atom. The fourth-order valence-electron chi connectivity index (χ4n) is 2.65. The van der Waals surface area contributed by atoms with Gasteiger partial charge in [0.15, 0.2) is 0 Å². The fourth-order valence-corrected chi connectivity index (χ4v) is 2.65. The van der Waals surface area contributed by atoms with E-state index in [1.54, 1.807) is 12.1 Å². The topological polar surface area (TPSA) is 88.5 Å². The lowest BCUT2D eigenvalue weighted by Crippen LogP contribution is -2.49. The van der Waals surface area contributed by atoms with E-state index in [4.69, 9.17) is 9.84 Å². The first-order valence-corrected chi connectivity index (χ1v) is 8.65. The number of hydrogen-bond donors (Lipinski definition) is 2. The summed E-state index contributed by atoms with van der Waals surface area (Å²) in [5.41, 5.74) is 0.639. The Morgan fingerprint density at radius 3 is 2.35 bits per heavy atom. The van der Waals surface area contributed by atoms with Gasteiger partial charge in [0.1, 0.15) is 6.61 Å². The highest BCUT2D eigenvalue weighted by atomic mass is 16.5. The lowest BCUT2D eigenvalue weighted by molar-refractivity contribution is -0.138. The van der Waals surface area contributed by atoms with Gasteiger partial charge < -0.3 is 15.2 Å². The first-order chi connectivity index (χ1) is 12.5. The number of pyridine rings is 1. The van der Waals surface area contributed by atoms with Crippen molar-refractivity contribution < 1.29 is 19.4 Å². The highest BCUT2D eigenvalue weighted by Gasteiger charge is 2.31. The van der Waals surface area contributed by atoms with E-state index >= 15 is 0 Å². The fraction of sp³-hybridized carbons (Fsp3) is 0.350. The molecule has 0 aliphatic rings. The molecule has 0 aliphatic heterocycles. The molecule has 0 fully saturated rings. The number of hydrogen-bond acceptors (Lipinski definition) is 4. The zero-order valence-corrected chi connectivity index (χ0v) is 15.1. The second kappa shape index (κ2) is 8.99. The van der Waals surface area contributed by atoms with Gasteiger partial charge in [0.2, 0.25) is 5.88 Å². The second-order valence-corrected chi connectivity index (χ2v) is 6.17. The predicted octanol–water partition coefficient (Wildman–Crippen LogP) is 3.42. The molecule has 0 atom stereocenters. The molecular weight excluding hydrogens is 332 g/mol. The number of carbonyl (C=O) groups is 2. The van der Waals surface area contributed by atoms with Crippen molar-refractivity contribution >= 4 is 11.9 Å². The molecule has 0 aliphatic carbocycles. The van der Waals surface area contributed by atoms with E-state index in [0.29, 0.717) is 30.9 Å². The van der Waals surface area contributed by atoms with Crippen LogP contribution in [0.2, 0.25) is 0 Å². The number of carboxylic acids is 1. The molecule has 6 heteroatoms. The molecule has 2 N–H and O–H groups in total. The van der Waals surface area contributed by atoms with Gasteiger partial charge in [-0.05, 0) is 24.5 Å². The van der Waals surface area contributed by atoms with Crippen LogP contribution in [0.5, 0.6) is 5.88 Å². The summed E-state index contributed by atoms with van der Waals surface area (Å²) in [6.07, 6.45) is 2.39. The Morgan fingerprint density at radius 2 is 1.81 bits per heavy atom. The lowest BCUT2D eigenvalue weighted by atomic mass is 9.88. The summed E-state index contributed by atoms with van der Waals surface area (Å²) in [4.78, 5) is 27.7. The summed E-state index contributed by atoms with van der Waals surface area (Å²) in [5.74, 6) is -0.845. The van der Waals surface area contributed by atoms with E-state index in [1.165, 1.54) is 6.20 Å². The van der Waals surface area contributed by atoms with Gasteiger partial charge in [-0.3, -0.25) is 9.59 Å². The van der Waals surface area contributed by atoms with E-state index in [2.05, 4.69) is 10.3 Å². The van der Waals surface area contributed by atoms with Gasteiger partial charge in [-0.1, -0.05) is 44.2 Å². The smallest absolute Gasteiger partial charge is 0.305 e. The number of amides is 1. The van der Waals surface area contributed by atoms with Crippen LogP contribution < -0.4 is 10.1 Å². The minimum atomic E-state index is -0.934. The van der Waals surface area contributed by atoms with Gasteiger partial charge >= 0.3 is 5.97 Å². The Balaban J connectivity index is 2.00. The molecule has 6 nitrogen and oxygen atoms in total. The van der Waals surface area contributed by atoms with Crippen molar-refractivity contribution in [2.75, 3.05) is 0 Å². The van der Waals surface area contributed by atoms with E-state index in [-0.39, 0.29) is 12.3 Å². The maximum absolute atomic E-state index is 12.5. The summed E-state index contributed by atoms with van der Waals surface area (Å²) in [6, 6.07) is 13.0. The molecule has 1 amide bonds. The second-order valence-electron chi connectivity index (χ2n) is 6.17. The van der Waals surface area contributed by atoms with Crippen LogP contribution in [0.1, 0.15) is 49.0 Å². The molecule has 0 bridgehead atoms. The number of carbonyl (C=O) groups excluding carboxylic acids is 1. The Kier molecular flexibility index (Phi) is 6.72. The maximum Gasteiger partial charge on any atom is 0.305 e. The molecule has 0 spiro atoms. The maximum atomic E-state index is 12.5. The molecule has 1 aromatic heterocycles. The highest BCUT2D eigenvalue weighted by molar-refractivity contribution is 5.94. The SMILES string of the molecule is CCC(CC)(CC(=O)O)NC(=O)c1ccc(OCc2ccccc2)nc1. The molecule has 1 aromatic carbocycles. The minimum Gasteiger partial charge on any atom is -0.481 e. The quantitative estimate of drug-likeness (QED) is 0.719. The van der Waals surface area contributed by atoms with Gasteiger partial charge in [-0.15, -0.1) is 0 Å². The van der Waals surface area contributed by atoms with Crippen molar-refractivity contribution in [3.05, 3.63) is 59.8 Å². The van der Waals surface area contributed by atoms with E-state index in [0.717, 1.165) is 5.56 Å². The number of carboxylic acid groups (broad SMARTS) is 1. The molecule has 2 rings (SSSR count). The summed E-state index contributed by atoms with van der Waals surface area (Å²) < 4.78 is 5.60. The molecule has 0 saturated heterocycles. The minimum absolute atomic E-state index is 0.114. The van der Waals surface area contributed by atoms with Crippen LogP contribution in [0.4, 0.5) is 0 Å². The number of benzene rings is 1. The van der Waals surface area contributed by atoms with Gasteiger partial charge in [0.05, 0.1) is 17.5 Å². The van der Waals surface area contributed by atoms with Crippen LogP contribution in [-0.2, 0) is 11.4 Å². The van der Waals surface area contributed by atoms with Crippen LogP contribution in [0, 0.1) is 0 Å². The zero-order valence-electron chi connectivity index (χ0n) is 15.1. The number of nitrogens with zero attached hydrogens (tertiary/aromatic N) is 1. The van der Waals surface area contributed by atoms with Gasteiger partial charge in [0, 0.05) is 12.3 Å². The van der Waals surface area contributed by atoms with Crippen molar-refractivity contribution in [3.63, 3.8) is 0 Å². The lowest BCUT2D eigenvalue weighted by Gasteiger charge is -2.31. The Hall–Kier alpha value is -2.89. The highest BCUT2D eigenvalue weighted by Crippen LogP contribution is 2.21. The molecule has 0 unspecified atom stereocenters. The van der Waals surface area contributed by atoms with Crippen molar-refractivity contribution in [1.82, 2.24) is 10.3 Å². The first kappa shape index (κ1) is 19.4. The number of nitrogens with one attached hydrogen (secondary N) is 1. The summed E-state index contributed by atoms with van der Waals surface area (Å²) in [7, 11) is 0. The van der Waals surface area contributed by atoms with Crippen LogP contribution in [0.15, 0.2) is 48.7 Å². The third-order valence-corrected chi connectivity index (χ3v) is 4.45. The molecular formula is C20H24N2O4. The van der Waals surface area contributed by atoms with E-state index < -0.39 is 11.5 Å². The standard InChI is InChI=1S/C20H24N2O4/c1-3-20(4-2,12-18(23)24)22-19(25)16-10-11-17(21-13-16)26-14-15-8-6-5-7-9-15/h5-11,13H,3-4,12,14H2,1-2H3,(H,22,25)(H,23,24). The zero-order chi connectivity index (χ0) is 19.0. The predicted molar refractivity (Wildman–Crippen MR) is 98.0 cm³/mol. The van der Waals surface area contributed by atoms with Gasteiger partial charge in [0.25, 0.3) is 5.91 Å². The largest absolute Gasteiger partial charge is 0.481 e. The van der Waals surface area contributed by atoms with E-state index in [1.807, 2.05) is 44.2 Å². The van der Waals surface area contributed by atoms with Gasteiger partial charge in [-0.25, -0.2) is 4.98 Å². The molecule has 0 radical (unpaired) electrons. The molecule has 0 saturated carbocycles. The van der Waals surface area contributed by atoms with Crippen molar-refractivity contribution in [3.8, 4) is 5.88 Å². The van der Waals surface area contributed by atoms with Gasteiger partial charge in [-0.2, -0.15) is 0 Å². The summed E-state index contributed by atoms with van der Waals surface area (Å²) in [5, 5.41) is 12.0. The third kappa shape index (κ3) is 5.31. The molecule has 26 heavy (non-hydrogen) atoms. The number of aliphatic carboxylic acids is 1. The monoisotopic (exact) mass is 356 g/mol. The number of ether oxygens (including phenoxy) is 1.